The van der Waals surface area contributed by atoms with Gasteiger partial charge in [0.15, 0.2) is 11.5 Å². The van der Waals surface area contributed by atoms with Gasteiger partial charge < -0.3 is 5.11 Å². The lowest BCUT2D eigenvalue weighted by Gasteiger charge is -2.44. The van der Waals surface area contributed by atoms with Crippen molar-refractivity contribution in [2.75, 3.05) is 0 Å². The monoisotopic (exact) mass is 410 g/mol. The van der Waals surface area contributed by atoms with Gasteiger partial charge in [0.25, 0.3) is 0 Å². The highest BCUT2D eigenvalue weighted by Gasteiger charge is 2.50. The summed E-state index contributed by atoms with van der Waals surface area (Å²) in [7, 11) is 0. The lowest BCUT2D eigenvalue weighted by molar-refractivity contribution is -0.385. The Bertz CT molecular complexity index is 1050. The molecule has 7 heteroatoms. The number of rotatable bonds is 2. The highest BCUT2D eigenvalue weighted by atomic mass is 16.6. The van der Waals surface area contributed by atoms with Crippen LogP contribution in [0.3, 0.4) is 0 Å². The Balaban J connectivity index is 1.93. The molecular weight excluding hydrogens is 384 g/mol. The number of carbonyl (C=O) groups excluding carboxylic acids is 2. The summed E-state index contributed by atoms with van der Waals surface area (Å²) in [6.07, 6.45) is 1.98. The van der Waals surface area contributed by atoms with Crippen molar-refractivity contribution in [3.8, 4) is 5.75 Å². The Kier molecular flexibility index (Phi) is 4.49. The molecule has 1 aromatic carbocycles. The summed E-state index contributed by atoms with van der Waals surface area (Å²) in [6.45, 7) is 8.11. The first kappa shape index (κ1) is 20.4. The number of phenolic OH excluding ortho intramolecular Hbond substituents is 1. The van der Waals surface area contributed by atoms with Crippen LogP contribution in [0.15, 0.2) is 34.5 Å². The zero-order valence-electron chi connectivity index (χ0n) is 17.7. The standard InChI is InChI=1S/C23H26N2O5/c1-22(2)8-13-20(17(27)10-22)19(12-5-6-16(26)15(7-12)25(29)30)21-14(24-13)9-23(3,4)11-18(21)28/h5-7,19-20,26H,8-11H2,1-4H3/t19-,20?/m0/s1. The van der Waals surface area contributed by atoms with E-state index in [4.69, 9.17) is 4.99 Å². The summed E-state index contributed by atoms with van der Waals surface area (Å²) >= 11 is 0. The number of aliphatic imine (C=N–C) groups is 1. The van der Waals surface area contributed by atoms with Gasteiger partial charge in [-0.15, -0.1) is 0 Å². The van der Waals surface area contributed by atoms with E-state index in [1.54, 1.807) is 6.07 Å². The van der Waals surface area contributed by atoms with E-state index in [2.05, 4.69) is 0 Å². The zero-order valence-corrected chi connectivity index (χ0v) is 17.7. The second kappa shape index (κ2) is 6.59. The van der Waals surface area contributed by atoms with Crippen molar-refractivity contribution >= 4 is 23.0 Å². The molecule has 1 saturated carbocycles. The van der Waals surface area contributed by atoms with E-state index >= 15 is 0 Å². The summed E-state index contributed by atoms with van der Waals surface area (Å²) in [4.78, 5) is 42.0. The predicted molar refractivity (Wildman–Crippen MR) is 111 cm³/mol. The first-order valence-electron chi connectivity index (χ1n) is 10.2. The number of nitrogens with zero attached hydrogens (tertiary/aromatic N) is 2. The molecule has 7 nitrogen and oxygen atoms in total. The number of carbonyl (C=O) groups is 2. The van der Waals surface area contributed by atoms with Crippen LogP contribution >= 0.6 is 0 Å². The largest absolute Gasteiger partial charge is 0.502 e. The molecule has 1 unspecified atom stereocenters. The van der Waals surface area contributed by atoms with Gasteiger partial charge in [-0.2, -0.15) is 0 Å². The van der Waals surface area contributed by atoms with E-state index in [0.717, 1.165) is 5.71 Å². The fourth-order valence-corrected chi connectivity index (χ4v) is 5.25. The Morgan fingerprint density at radius 1 is 1.03 bits per heavy atom. The lowest BCUT2D eigenvalue weighted by atomic mass is 9.60. The van der Waals surface area contributed by atoms with Crippen molar-refractivity contribution in [2.45, 2.75) is 59.3 Å². The van der Waals surface area contributed by atoms with E-state index in [1.807, 2.05) is 27.7 Å². The maximum Gasteiger partial charge on any atom is 0.310 e. The van der Waals surface area contributed by atoms with Crippen LogP contribution in [0, 0.1) is 26.9 Å². The van der Waals surface area contributed by atoms with Crippen molar-refractivity contribution in [3.63, 3.8) is 0 Å². The fourth-order valence-electron chi connectivity index (χ4n) is 5.25. The summed E-state index contributed by atoms with van der Waals surface area (Å²) in [6, 6.07) is 4.15. The van der Waals surface area contributed by atoms with Gasteiger partial charge in [0.05, 0.1) is 10.8 Å². The number of ketones is 2. The third kappa shape index (κ3) is 3.36. The van der Waals surface area contributed by atoms with Crippen LogP contribution in [0.5, 0.6) is 5.75 Å². The fraction of sp³-hybridized carbons (Fsp3) is 0.522. The van der Waals surface area contributed by atoms with Crippen molar-refractivity contribution in [1.29, 1.82) is 0 Å². The number of nitro groups is 1. The second-order valence-corrected chi connectivity index (χ2v) is 10.3. The molecule has 3 aliphatic rings. The van der Waals surface area contributed by atoms with E-state index in [9.17, 15) is 24.8 Å². The molecule has 0 radical (unpaired) electrons. The number of phenols is 1. The van der Waals surface area contributed by atoms with Crippen LogP contribution in [-0.4, -0.2) is 27.3 Å². The third-order valence-corrected chi connectivity index (χ3v) is 6.39. The van der Waals surface area contributed by atoms with E-state index in [0.29, 0.717) is 42.5 Å². The molecule has 0 saturated heterocycles. The van der Waals surface area contributed by atoms with Crippen molar-refractivity contribution in [1.82, 2.24) is 0 Å². The summed E-state index contributed by atoms with van der Waals surface area (Å²) in [5.41, 5.74) is 1.61. The predicted octanol–water partition coefficient (Wildman–Crippen LogP) is 4.49. The molecule has 1 aromatic rings. The SMILES string of the molecule is CC1(C)CC(=O)C2C(=NC3=C(C(=O)CC(C)(C)C3)[C@H]2c2ccc(O)c([N+](=O)[O-])c2)C1. The van der Waals surface area contributed by atoms with Crippen molar-refractivity contribution in [2.24, 2.45) is 21.7 Å². The van der Waals surface area contributed by atoms with Crippen LogP contribution in [0.1, 0.15) is 64.9 Å². The molecule has 2 atom stereocenters. The smallest absolute Gasteiger partial charge is 0.310 e. The van der Waals surface area contributed by atoms with Gasteiger partial charge in [0.2, 0.25) is 0 Å². The van der Waals surface area contributed by atoms with Gasteiger partial charge >= 0.3 is 5.69 Å². The van der Waals surface area contributed by atoms with Gasteiger partial charge in [0, 0.05) is 41.8 Å². The van der Waals surface area contributed by atoms with E-state index < -0.39 is 28.2 Å². The van der Waals surface area contributed by atoms with Crippen molar-refractivity contribution in [3.05, 3.63) is 45.1 Å². The third-order valence-electron chi connectivity index (χ3n) is 6.39. The summed E-state index contributed by atoms with van der Waals surface area (Å²) in [5.74, 6) is -1.67. The number of aromatic hydroxyl groups is 1. The van der Waals surface area contributed by atoms with Crippen LogP contribution < -0.4 is 0 Å². The Hall–Kier alpha value is -2.83. The quantitative estimate of drug-likeness (QED) is 0.571. The zero-order chi connectivity index (χ0) is 22.0. The molecule has 0 amide bonds. The number of nitro benzene ring substituents is 1. The van der Waals surface area contributed by atoms with Crippen LogP contribution in [-0.2, 0) is 9.59 Å². The minimum atomic E-state index is -0.649. The topological polar surface area (TPSA) is 110 Å². The summed E-state index contributed by atoms with van der Waals surface area (Å²) in [5, 5.41) is 21.3. The average molecular weight is 410 g/mol. The number of Topliss-reactive ketones (excluding diaryl/α,β-unsaturated/α-hetero) is 2. The van der Waals surface area contributed by atoms with E-state index in [-0.39, 0.29) is 22.4 Å². The molecule has 1 heterocycles. The molecule has 1 fully saturated rings. The van der Waals surface area contributed by atoms with Gasteiger partial charge in [-0.3, -0.25) is 24.7 Å². The van der Waals surface area contributed by atoms with E-state index in [1.165, 1.54) is 12.1 Å². The number of hydrogen-bond acceptors (Lipinski definition) is 6. The second-order valence-electron chi connectivity index (χ2n) is 10.3. The minimum absolute atomic E-state index is 0.00918. The molecule has 30 heavy (non-hydrogen) atoms. The normalized spacial score (nSPS) is 27.3. The van der Waals surface area contributed by atoms with Crippen molar-refractivity contribution < 1.29 is 19.6 Å². The average Bonchev–Trinajstić information content (AvgIpc) is 2.57. The highest BCUT2D eigenvalue weighted by Crippen LogP contribution is 2.52. The number of benzene rings is 1. The van der Waals surface area contributed by atoms with Gasteiger partial charge in [-0.1, -0.05) is 33.8 Å². The Labute approximate surface area is 175 Å². The molecule has 4 rings (SSSR count). The van der Waals surface area contributed by atoms with Crippen LogP contribution in [0.25, 0.3) is 0 Å². The molecule has 0 aromatic heterocycles. The maximum absolute atomic E-state index is 13.2. The summed E-state index contributed by atoms with van der Waals surface area (Å²) < 4.78 is 0. The van der Waals surface area contributed by atoms with Crippen LogP contribution in [0.4, 0.5) is 5.69 Å². The maximum atomic E-state index is 13.2. The number of fused-ring (bicyclic) bond motifs is 1. The molecule has 0 bridgehead atoms. The lowest BCUT2D eigenvalue weighted by Crippen LogP contribution is -2.45. The Morgan fingerprint density at radius 3 is 2.37 bits per heavy atom. The minimum Gasteiger partial charge on any atom is -0.502 e. The molecular formula is C23H26N2O5. The Morgan fingerprint density at radius 2 is 1.70 bits per heavy atom. The van der Waals surface area contributed by atoms with Crippen LogP contribution in [0.2, 0.25) is 0 Å². The molecule has 1 aliphatic heterocycles. The molecule has 1 N–H and O–H groups in total. The number of hydrogen-bond donors (Lipinski definition) is 1. The number of allylic oxidation sites excluding steroid dienone is 2. The highest BCUT2D eigenvalue weighted by molar-refractivity contribution is 6.13. The van der Waals surface area contributed by atoms with Gasteiger partial charge in [-0.05, 0) is 35.3 Å². The van der Waals surface area contributed by atoms with Gasteiger partial charge in [0.1, 0.15) is 5.78 Å². The molecule has 2 aliphatic carbocycles. The molecule has 0 spiro atoms. The van der Waals surface area contributed by atoms with Gasteiger partial charge in [-0.25, -0.2) is 0 Å². The first-order chi connectivity index (χ1) is 13.9. The first-order valence-corrected chi connectivity index (χ1v) is 10.2. The molecule has 158 valence electrons.